The van der Waals surface area contributed by atoms with E-state index in [0.717, 1.165) is 18.1 Å². The van der Waals surface area contributed by atoms with Crippen molar-refractivity contribution in [3.63, 3.8) is 0 Å². The van der Waals surface area contributed by atoms with E-state index in [1.807, 2.05) is 37.3 Å². The molecule has 3 aromatic rings. The first kappa shape index (κ1) is 12.5. The Morgan fingerprint density at radius 3 is 2.85 bits per heavy atom. The van der Waals surface area contributed by atoms with E-state index in [-0.39, 0.29) is 0 Å². The molecule has 0 spiro atoms. The van der Waals surface area contributed by atoms with E-state index in [1.165, 1.54) is 16.5 Å². The highest BCUT2D eigenvalue weighted by Gasteiger charge is 2.06. The molecular formula is C16H18N4. The lowest BCUT2D eigenvalue weighted by Crippen LogP contribution is -2.13. The first-order valence-corrected chi connectivity index (χ1v) is 6.67. The van der Waals surface area contributed by atoms with Crippen LogP contribution in [-0.2, 0) is 6.54 Å². The summed E-state index contributed by atoms with van der Waals surface area (Å²) in [6.45, 7) is 0.774. The summed E-state index contributed by atoms with van der Waals surface area (Å²) in [4.78, 5) is 9.70. The zero-order chi connectivity index (χ0) is 13.9. The summed E-state index contributed by atoms with van der Waals surface area (Å²) in [7, 11) is 4.00. The van der Waals surface area contributed by atoms with Crippen molar-refractivity contribution in [1.29, 1.82) is 0 Å². The maximum absolute atomic E-state index is 4.40. The minimum absolute atomic E-state index is 0.774. The fourth-order valence-electron chi connectivity index (χ4n) is 2.36. The van der Waals surface area contributed by atoms with Gasteiger partial charge in [0.15, 0.2) is 5.82 Å². The highest BCUT2D eigenvalue weighted by Crippen LogP contribution is 2.23. The minimum atomic E-state index is 0.774. The Kier molecular flexibility index (Phi) is 3.29. The molecular weight excluding hydrogens is 248 g/mol. The van der Waals surface area contributed by atoms with Crippen LogP contribution >= 0.6 is 0 Å². The molecule has 0 amide bonds. The molecule has 20 heavy (non-hydrogen) atoms. The van der Waals surface area contributed by atoms with Crippen molar-refractivity contribution in [2.24, 2.45) is 0 Å². The number of anilines is 2. The van der Waals surface area contributed by atoms with Crippen LogP contribution in [0.1, 0.15) is 5.56 Å². The second-order valence-corrected chi connectivity index (χ2v) is 4.98. The van der Waals surface area contributed by atoms with Crippen molar-refractivity contribution < 1.29 is 0 Å². The van der Waals surface area contributed by atoms with Crippen molar-refractivity contribution in [2.45, 2.75) is 6.54 Å². The number of aromatic nitrogens is 2. The second-order valence-electron chi connectivity index (χ2n) is 4.98. The van der Waals surface area contributed by atoms with Crippen LogP contribution in [0.25, 0.3) is 10.9 Å². The van der Waals surface area contributed by atoms with Gasteiger partial charge in [-0.05, 0) is 23.8 Å². The smallest absolute Gasteiger partial charge is 0.151 e. The van der Waals surface area contributed by atoms with E-state index in [1.54, 1.807) is 0 Å². The van der Waals surface area contributed by atoms with Gasteiger partial charge in [-0.15, -0.1) is 0 Å². The Bertz CT molecular complexity index is 715. The molecule has 2 heterocycles. The lowest BCUT2D eigenvalue weighted by atomic mass is 10.2. The summed E-state index contributed by atoms with van der Waals surface area (Å²) < 4.78 is 0. The quantitative estimate of drug-likeness (QED) is 0.762. The monoisotopic (exact) mass is 266 g/mol. The van der Waals surface area contributed by atoms with Gasteiger partial charge in [0.05, 0.1) is 5.69 Å². The predicted octanol–water partition coefficient (Wildman–Crippen LogP) is 3.24. The molecule has 0 aliphatic carbocycles. The molecule has 0 atom stereocenters. The fraction of sp³-hybridized carbons (Fsp3) is 0.188. The maximum Gasteiger partial charge on any atom is 0.151 e. The third kappa shape index (κ3) is 2.32. The first-order valence-electron chi connectivity index (χ1n) is 6.67. The topological polar surface area (TPSA) is 44.0 Å². The highest BCUT2D eigenvalue weighted by molar-refractivity contribution is 5.83. The normalized spacial score (nSPS) is 10.7. The van der Waals surface area contributed by atoms with Gasteiger partial charge in [0, 0.05) is 43.9 Å². The summed E-state index contributed by atoms with van der Waals surface area (Å²) in [5, 5.41) is 4.72. The van der Waals surface area contributed by atoms with E-state index in [0.29, 0.717) is 0 Å². The third-order valence-corrected chi connectivity index (χ3v) is 3.35. The zero-order valence-corrected chi connectivity index (χ0v) is 11.7. The summed E-state index contributed by atoms with van der Waals surface area (Å²) in [5.74, 6) is 0.951. The number of hydrogen-bond donors (Lipinski definition) is 2. The number of nitrogens with zero attached hydrogens (tertiary/aromatic N) is 2. The van der Waals surface area contributed by atoms with Crippen LogP contribution in [0, 0.1) is 0 Å². The Labute approximate surface area is 118 Å². The second kappa shape index (κ2) is 5.25. The lowest BCUT2D eigenvalue weighted by Gasteiger charge is -2.16. The third-order valence-electron chi connectivity index (χ3n) is 3.35. The van der Waals surface area contributed by atoms with E-state index in [9.17, 15) is 0 Å². The summed E-state index contributed by atoms with van der Waals surface area (Å²) in [6, 6.07) is 12.3. The minimum Gasteiger partial charge on any atom is -0.378 e. The number of aromatic amines is 1. The molecule has 0 radical (unpaired) electrons. The number of fused-ring (bicyclic) bond motifs is 1. The van der Waals surface area contributed by atoms with Crippen LogP contribution < -0.4 is 10.2 Å². The SMILES string of the molecule is CN(C)c1ncccc1NCc1c[nH]c2ccccc12. The first-order chi connectivity index (χ1) is 9.75. The van der Waals surface area contributed by atoms with Gasteiger partial charge in [0.25, 0.3) is 0 Å². The molecule has 0 fully saturated rings. The summed E-state index contributed by atoms with van der Waals surface area (Å²) in [5.41, 5.74) is 3.47. The van der Waals surface area contributed by atoms with E-state index >= 15 is 0 Å². The van der Waals surface area contributed by atoms with E-state index in [2.05, 4.69) is 45.7 Å². The van der Waals surface area contributed by atoms with Crippen molar-refractivity contribution in [1.82, 2.24) is 9.97 Å². The maximum atomic E-state index is 4.40. The van der Waals surface area contributed by atoms with Crippen LogP contribution in [0.3, 0.4) is 0 Å². The van der Waals surface area contributed by atoms with Gasteiger partial charge in [-0.3, -0.25) is 0 Å². The van der Waals surface area contributed by atoms with Crippen molar-refractivity contribution in [3.8, 4) is 0 Å². The molecule has 0 unspecified atom stereocenters. The number of benzene rings is 1. The fourth-order valence-corrected chi connectivity index (χ4v) is 2.36. The standard InChI is InChI=1S/C16H18N4/c1-20(2)16-15(8-5-9-17-16)19-11-12-10-18-14-7-4-3-6-13(12)14/h3-10,18-19H,11H2,1-2H3. The van der Waals surface area contributed by atoms with Gasteiger partial charge >= 0.3 is 0 Å². The van der Waals surface area contributed by atoms with Gasteiger partial charge in [-0.2, -0.15) is 0 Å². The van der Waals surface area contributed by atoms with Crippen molar-refractivity contribution >= 4 is 22.4 Å². The molecule has 2 N–H and O–H groups in total. The highest BCUT2D eigenvalue weighted by atomic mass is 15.2. The average molecular weight is 266 g/mol. The number of hydrogen-bond acceptors (Lipinski definition) is 3. The molecule has 2 aromatic heterocycles. The van der Waals surface area contributed by atoms with Crippen molar-refractivity contribution in [3.05, 3.63) is 54.4 Å². The number of para-hydroxylation sites is 1. The number of nitrogens with one attached hydrogen (secondary N) is 2. The van der Waals surface area contributed by atoms with Crippen LogP contribution in [0.4, 0.5) is 11.5 Å². The zero-order valence-electron chi connectivity index (χ0n) is 11.7. The number of rotatable bonds is 4. The Morgan fingerprint density at radius 2 is 2.00 bits per heavy atom. The van der Waals surface area contributed by atoms with Crippen LogP contribution in [0.2, 0.25) is 0 Å². The number of H-pyrrole nitrogens is 1. The Hall–Kier alpha value is -2.49. The molecule has 0 aliphatic rings. The molecule has 0 bridgehead atoms. The van der Waals surface area contributed by atoms with Gasteiger partial charge in [0.1, 0.15) is 0 Å². The molecule has 4 nitrogen and oxygen atoms in total. The molecule has 0 saturated carbocycles. The van der Waals surface area contributed by atoms with Gasteiger partial charge in [-0.1, -0.05) is 18.2 Å². The number of pyridine rings is 1. The van der Waals surface area contributed by atoms with Gasteiger partial charge in [0.2, 0.25) is 0 Å². The average Bonchev–Trinajstić information content (AvgIpc) is 2.88. The summed E-state index contributed by atoms with van der Waals surface area (Å²) >= 11 is 0. The van der Waals surface area contributed by atoms with Crippen molar-refractivity contribution in [2.75, 3.05) is 24.3 Å². The summed E-state index contributed by atoms with van der Waals surface area (Å²) in [6.07, 6.45) is 3.87. The van der Waals surface area contributed by atoms with E-state index < -0.39 is 0 Å². The Balaban J connectivity index is 1.83. The van der Waals surface area contributed by atoms with Crippen LogP contribution in [-0.4, -0.2) is 24.1 Å². The Morgan fingerprint density at radius 1 is 1.15 bits per heavy atom. The predicted molar refractivity (Wildman–Crippen MR) is 84.2 cm³/mol. The molecule has 4 heteroatoms. The van der Waals surface area contributed by atoms with E-state index in [4.69, 9.17) is 0 Å². The largest absolute Gasteiger partial charge is 0.378 e. The molecule has 3 rings (SSSR count). The lowest BCUT2D eigenvalue weighted by molar-refractivity contribution is 1.05. The molecule has 102 valence electrons. The van der Waals surface area contributed by atoms with Crippen LogP contribution in [0.15, 0.2) is 48.8 Å². The molecule has 1 aromatic carbocycles. The van der Waals surface area contributed by atoms with Gasteiger partial charge in [-0.25, -0.2) is 4.98 Å². The van der Waals surface area contributed by atoms with Crippen LogP contribution in [0.5, 0.6) is 0 Å². The van der Waals surface area contributed by atoms with Gasteiger partial charge < -0.3 is 15.2 Å². The molecule has 0 saturated heterocycles. The molecule has 0 aliphatic heterocycles.